The molecule has 5 aliphatic carbocycles. The first-order chi connectivity index (χ1) is 15.3. The average molecular weight is 442 g/mol. The van der Waals surface area contributed by atoms with Crippen molar-refractivity contribution in [2.75, 3.05) is 26.0 Å². The van der Waals surface area contributed by atoms with Gasteiger partial charge in [-0.05, 0) is 62.7 Å². The first kappa shape index (κ1) is 21.6. The van der Waals surface area contributed by atoms with Crippen LogP contribution in [0, 0.1) is 17.8 Å². The Morgan fingerprint density at radius 1 is 1.16 bits per heavy atom. The van der Waals surface area contributed by atoms with Crippen LogP contribution in [0.5, 0.6) is 0 Å². The lowest BCUT2D eigenvalue weighted by Crippen LogP contribution is -2.61. The molecule has 2 unspecified atom stereocenters. The summed E-state index contributed by atoms with van der Waals surface area (Å²) in [4.78, 5) is 35.9. The fourth-order valence-corrected chi connectivity index (χ4v) is 6.92. The zero-order valence-electron chi connectivity index (χ0n) is 19.1. The van der Waals surface area contributed by atoms with Gasteiger partial charge < -0.3 is 20.6 Å². The number of likely N-dealkylation sites (N-methyl/N-ethyl adjacent to an activating group) is 1. The van der Waals surface area contributed by atoms with Gasteiger partial charge in [0.2, 0.25) is 11.9 Å². The Hall–Kier alpha value is -2.22. The molecular weight excluding hydrogens is 406 g/mol. The average Bonchev–Trinajstić information content (AvgIpc) is 3.28. The summed E-state index contributed by atoms with van der Waals surface area (Å²) in [5, 5.41) is 17.2. The van der Waals surface area contributed by atoms with E-state index in [-0.39, 0.29) is 30.3 Å². The van der Waals surface area contributed by atoms with E-state index in [1.807, 2.05) is 0 Å². The maximum absolute atomic E-state index is 13.4. The lowest BCUT2D eigenvalue weighted by atomic mass is 9.52. The molecule has 3 N–H and O–H groups in total. The van der Waals surface area contributed by atoms with E-state index in [2.05, 4.69) is 15.6 Å². The molecule has 8 nitrogen and oxygen atoms in total. The van der Waals surface area contributed by atoms with Crippen molar-refractivity contribution < 1.29 is 14.7 Å². The Labute approximate surface area is 189 Å². The van der Waals surface area contributed by atoms with Crippen molar-refractivity contribution in [2.24, 2.45) is 17.8 Å². The van der Waals surface area contributed by atoms with Crippen molar-refractivity contribution in [3.05, 3.63) is 17.5 Å². The van der Waals surface area contributed by atoms with Gasteiger partial charge in [-0.3, -0.25) is 9.59 Å². The fraction of sp³-hybridized carbons (Fsp3) is 0.750. The van der Waals surface area contributed by atoms with Crippen LogP contribution in [0.4, 0.5) is 5.95 Å². The second-order valence-corrected chi connectivity index (χ2v) is 10.8. The number of carbonyl (C=O) groups excluding carboxylic acids is 2. The Morgan fingerprint density at radius 3 is 2.47 bits per heavy atom. The molecule has 5 aliphatic rings. The van der Waals surface area contributed by atoms with Crippen LogP contribution in [0.1, 0.15) is 79.8 Å². The summed E-state index contributed by atoms with van der Waals surface area (Å²) < 4.78 is 0. The number of rotatable bonds is 6. The monoisotopic (exact) mass is 441 g/mol. The van der Waals surface area contributed by atoms with Crippen LogP contribution in [0.3, 0.4) is 0 Å². The standard InChI is InChI=1S/C24H35N5O3/c1-29(2)19(30)13-26-23-25-12-18(21(28-23)15-5-3-4-6-15)22(31)27-20-16-7-14-8-17(20)11-24(32,9-14)10-16/h12,14-17,20,32H,3-11,13H2,1-2H3,(H,27,31)(H,25,26,28). The molecule has 1 aromatic rings. The molecule has 4 bridgehead atoms. The maximum atomic E-state index is 13.4. The minimum Gasteiger partial charge on any atom is -0.390 e. The number of anilines is 1. The minimum absolute atomic E-state index is 0.0543. The van der Waals surface area contributed by atoms with Gasteiger partial charge in [-0.15, -0.1) is 0 Å². The lowest BCUT2D eigenvalue weighted by Gasteiger charge is -2.58. The van der Waals surface area contributed by atoms with Gasteiger partial charge >= 0.3 is 0 Å². The van der Waals surface area contributed by atoms with E-state index >= 15 is 0 Å². The van der Waals surface area contributed by atoms with Crippen LogP contribution in [0.15, 0.2) is 6.20 Å². The number of aliphatic hydroxyl groups is 1. The van der Waals surface area contributed by atoms with Gasteiger partial charge in [0.1, 0.15) is 0 Å². The van der Waals surface area contributed by atoms with Gasteiger partial charge in [0.15, 0.2) is 0 Å². The van der Waals surface area contributed by atoms with Crippen LogP contribution in [0.2, 0.25) is 0 Å². The van der Waals surface area contributed by atoms with Gasteiger partial charge in [-0.1, -0.05) is 12.8 Å². The number of amides is 2. The highest BCUT2D eigenvalue weighted by Gasteiger charge is 2.55. The number of hydrogen-bond acceptors (Lipinski definition) is 6. The Balaban J connectivity index is 1.34. The van der Waals surface area contributed by atoms with Crippen LogP contribution >= 0.6 is 0 Å². The summed E-state index contributed by atoms with van der Waals surface area (Å²) in [6, 6.07) is 0.131. The summed E-state index contributed by atoms with van der Waals surface area (Å²) >= 11 is 0. The van der Waals surface area contributed by atoms with Crippen LogP contribution in [-0.4, -0.2) is 64.1 Å². The summed E-state index contributed by atoms with van der Waals surface area (Å²) in [5.74, 6) is 1.85. The van der Waals surface area contributed by atoms with Crippen LogP contribution in [-0.2, 0) is 4.79 Å². The number of carbonyl (C=O) groups is 2. The summed E-state index contributed by atoms with van der Waals surface area (Å²) in [6.45, 7) is 0.123. The third kappa shape index (κ3) is 4.09. The van der Waals surface area contributed by atoms with Crippen molar-refractivity contribution in [3.8, 4) is 0 Å². The van der Waals surface area contributed by atoms with E-state index in [9.17, 15) is 14.7 Å². The molecule has 32 heavy (non-hydrogen) atoms. The maximum Gasteiger partial charge on any atom is 0.254 e. The van der Waals surface area contributed by atoms with Gasteiger partial charge in [0.25, 0.3) is 5.91 Å². The fourth-order valence-electron chi connectivity index (χ4n) is 6.92. The van der Waals surface area contributed by atoms with Crippen molar-refractivity contribution >= 4 is 17.8 Å². The molecule has 0 saturated heterocycles. The Morgan fingerprint density at radius 2 is 1.84 bits per heavy atom. The molecule has 174 valence electrons. The zero-order chi connectivity index (χ0) is 22.5. The highest BCUT2D eigenvalue weighted by Crippen LogP contribution is 2.55. The van der Waals surface area contributed by atoms with Gasteiger partial charge in [-0.2, -0.15) is 0 Å². The molecular formula is C24H35N5O3. The van der Waals surface area contributed by atoms with E-state index in [1.54, 1.807) is 20.3 Å². The molecule has 2 atom stereocenters. The van der Waals surface area contributed by atoms with E-state index in [4.69, 9.17) is 4.98 Å². The van der Waals surface area contributed by atoms with E-state index in [1.165, 1.54) is 4.90 Å². The van der Waals surface area contributed by atoms with Gasteiger partial charge in [0.05, 0.1) is 23.4 Å². The quantitative estimate of drug-likeness (QED) is 0.625. The molecule has 1 aromatic heterocycles. The van der Waals surface area contributed by atoms with E-state index < -0.39 is 5.60 Å². The number of aromatic nitrogens is 2. The normalized spacial score (nSPS) is 33.3. The lowest BCUT2D eigenvalue weighted by molar-refractivity contribution is -0.137. The van der Waals surface area contributed by atoms with Crippen LogP contribution < -0.4 is 10.6 Å². The number of nitrogens with zero attached hydrogens (tertiary/aromatic N) is 3. The second-order valence-electron chi connectivity index (χ2n) is 10.8. The van der Waals surface area contributed by atoms with E-state index in [0.29, 0.717) is 29.3 Å². The molecule has 5 fully saturated rings. The Bertz CT molecular complexity index is 882. The first-order valence-corrected chi connectivity index (χ1v) is 12.2. The third-order valence-corrected chi connectivity index (χ3v) is 8.24. The predicted molar refractivity (Wildman–Crippen MR) is 120 cm³/mol. The zero-order valence-corrected chi connectivity index (χ0v) is 19.1. The highest BCUT2D eigenvalue weighted by molar-refractivity contribution is 5.95. The predicted octanol–water partition coefficient (Wildman–Crippen LogP) is 2.30. The first-order valence-electron chi connectivity index (χ1n) is 12.2. The molecule has 0 aromatic carbocycles. The second kappa shape index (κ2) is 8.28. The third-order valence-electron chi connectivity index (χ3n) is 8.24. The van der Waals surface area contributed by atoms with Crippen molar-refractivity contribution in [3.63, 3.8) is 0 Å². The molecule has 0 spiro atoms. The van der Waals surface area contributed by atoms with Crippen LogP contribution in [0.25, 0.3) is 0 Å². The summed E-state index contributed by atoms with van der Waals surface area (Å²) in [7, 11) is 3.43. The van der Waals surface area contributed by atoms with Crippen molar-refractivity contribution in [1.82, 2.24) is 20.2 Å². The van der Waals surface area contributed by atoms with Crippen molar-refractivity contribution in [1.29, 1.82) is 0 Å². The number of hydrogen-bond donors (Lipinski definition) is 3. The summed E-state index contributed by atoms with van der Waals surface area (Å²) in [5.41, 5.74) is 0.860. The molecule has 5 saturated carbocycles. The largest absolute Gasteiger partial charge is 0.390 e. The van der Waals surface area contributed by atoms with E-state index in [0.717, 1.165) is 63.5 Å². The number of nitrogens with one attached hydrogen (secondary N) is 2. The molecule has 0 radical (unpaired) electrons. The smallest absolute Gasteiger partial charge is 0.254 e. The molecule has 2 amide bonds. The summed E-state index contributed by atoms with van der Waals surface area (Å²) in [6.07, 6.45) is 10.7. The highest BCUT2D eigenvalue weighted by atomic mass is 16.3. The molecule has 8 heteroatoms. The van der Waals surface area contributed by atoms with Crippen molar-refractivity contribution in [2.45, 2.75) is 75.3 Å². The molecule has 0 aliphatic heterocycles. The SMILES string of the molecule is CN(C)C(=O)CNc1ncc(C(=O)NC2C3CC4CC2CC(O)(C4)C3)c(C2CCCC2)n1. The molecule has 6 rings (SSSR count). The molecule has 1 heterocycles. The van der Waals surface area contributed by atoms with Gasteiger partial charge in [-0.25, -0.2) is 9.97 Å². The topological polar surface area (TPSA) is 107 Å². The van der Waals surface area contributed by atoms with Gasteiger partial charge in [0, 0.05) is 32.3 Å². The minimum atomic E-state index is -0.507. The Kier molecular flexibility index (Phi) is 5.60.